The van der Waals surface area contributed by atoms with Gasteiger partial charge in [-0.1, -0.05) is 35.9 Å². The maximum Gasteiger partial charge on any atom is 0.272 e. The van der Waals surface area contributed by atoms with Crippen molar-refractivity contribution in [1.82, 2.24) is 9.88 Å². The Bertz CT molecular complexity index is 649. The van der Waals surface area contributed by atoms with Crippen molar-refractivity contribution in [3.63, 3.8) is 0 Å². The van der Waals surface area contributed by atoms with E-state index in [1.54, 1.807) is 12.3 Å². The summed E-state index contributed by atoms with van der Waals surface area (Å²) in [5, 5.41) is 0. The lowest BCUT2D eigenvalue weighted by molar-refractivity contribution is 0.0524. The number of pyridine rings is 1. The quantitative estimate of drug-likeness (QED) is 0.819. The Hall–Kier alpha value is -2.20. The lowest BCUT2D eigenvalue weighted by Gasteiger charge is -2.25. The summed E-state index contributed by atoms with van der Waals surface area (Å²) in [7, 11) is 0. The Labute approximate surface area is 143 Å². The number of ether oxygens (including phenoxy) is 1. The van der Waals surface area contributed by atoms with Crippen LogP contribution in [0.1, 0.15) is 34.5 Å². The fourth-order valence-electron chi connectivity index (χ4n) is 2.98. The molecule has 0 spiro atoms. The highest BCUT2D eigenvalue weighted by atomic mass is 16.5. The molecule has 1 aromatic heterocycles. The Morgan fingerprint density at radius 2 is 2.08 bits per heavy atom. The van der Waals surface area contributed by atoms with Crippen molar-refractivity contribution in [3.05, 3.63) is 65.5 Å². The molecule has 1 aliphatic rings. The molecule has 1 fully saturated rings. The number of rotatable bonds is 6. The van der Waals surface area contributed by atoms with Gasteiger partial charge in [0.25, 0.3) is 5.91 Å². The van der Waals surface area contributed by atoms with Gasteiger partial charge in [-0.2, -0.15) is 0 Å². The summed E-state index contributed by atoms with van der Waals surface area (Å²) in [5.41, 5.74) is 2.99. The molecule has 3 rings (SSSR count). The molecule has 2 aromatic rings. The van der Waals surface area contributed by atoms with Crippen LogP contribution in [-0.4, -0.2) is 41.6 Å². The van der Waals surface area contributed by atoms with Crippen molar-refractivity contribution < 1.29 is 9.53 Å². The smallest absolute Gasteiger partial charge is 0.272 e. The second kappa shape index (κ2) is 8.06. The van der Waals surface area contributed by atoms with Gasteiger partial charge in [0.15, 0.2) is 0 Å². The number of aromatic nitrogens is 1. The second-order valence-electron chi connectivity index (χ2n) is 6.34. The van der Waals surface area contributed by atoms with Crippen LogP contribution in [0.4, 0.5) is 0 Å². The number of hydrogen-bond donors (Lipinski definition) is 0. The Morgan fingerprint density at radius 3 is 2.75 bits per heavy atom. The SMILES string of the molecule is Cc1ccc(CCN(C[C@@H]2CCCO2)C(=O)c2ccccn2)cc1. The number of carbonyl (C=O) groups excluding carboxylic acids is 1. The van der Waals surface area contributed by atoms with E-state index < -0.39 is 0 Å². The lowest BCUT2D eigenvalue weighted by Crippen LogP contribution is -2.39. The average Bonchev–Trinajstić information content (AvgIpc) is 3.13. The van der Waals surface area contributed by atoms with E-state index in [-0.39, 0.29) is 12.0 Å². The third kappa shape index (κ3) is 4.42. The zero-order chi connectivity index (χ0) is 16.8. The summed E-state index contributed by atoms with van der Waals surface area (Å²) >= 11 is 0. The van der Waals surface area contributed by atoms with Gasteiger partial charge in [-0.25, -0.2) is 0 Å². The minimum absolute atomic E-state index is 0.0155. The molecule has 0 bridgehead atoms. The van der Waals surface area contributed by atoms with Crippen LogP contribution >= 0.6 is 0 Å². The molecule has 1 amide bonds. The van der Waals surface area contributed by atoms with Gasteiger partial charge in [0.1, 0.15) is 5.69 Å². The van der Waals surface area contributed by atoms with Crippen LogP contribution < -0.4 is 0 Å². The van der Waals surface area contributed by atoms with Gasteiger partial charge in [-0.05, 0) is 43.9 Å². The predicted molar refractivity (Wildman–Crippen MR) is 94.0 cm³/mol. The van der Waals surface area contributed by atoms with Gasteiger partial charge in [-0.15, -0.1) is 0 Å². The Balaban J connectivity index is 1.68. The lowest BCUT2D eigenvalue weighted by atomic mass is 10.1. The van der Waals surface area contributed by atoms with Gasteiger partial charge >= 0.3 is 0 Å². The van der Waals surface area contributed by atoms with Crippen LogP contribution in [0.15, 0.2) is 48.7 Å². The van der Waals surface area contributed by atoms with Gasteiger partial charge in [-0.3, -0.25) is 9.78 Å². The van der Waals surface area contributed by atoms with Crippen molar-refractivity contribution in [1.29, 1.82) is 0 Å². The van der Waals surface area contributed by atoms with Gasteiger partial charge in [0.05, 0.1) is 6.10 Å². The second-order valence-corrected chi connectivity index (χ2v) is 6.34. The zero-order valence-electron chi connectivity index (χ0n) is 14.1. The normalized spacial score (nSPS) is 17.0. The molecule has 4 heteroatoms. The first-order valence-electron chi connectivity index (χ1n) is 8.60. The third-order valence-electron chi connectivity index (χ3n) is 4.41. The average molecular weight is 324 g/mol. The molecule has 0 N–H and O–H groups in total. The van der Waals surface area contributed by atoms with Crippen molar-refractivity contribution in [2.75, 3.05) is 19.7 Å². The number of hydrogen-bond acceptors (Lipinski definition) is 3. The summed E-state index contributed by atoms with van der Waals surface area (Å²) < 4.78 is 5.72. The molecule has 4 nitrogen and oxygen atoms in total. The van der Waals surface area contributed by atoms with E-state index in [9.17, 15) is 4.79 Å². The molecule has 1 aromatic carbocycles. The minimum atomic E-state index is -0.0155. The van der Waals surface area contributed by atoms with E-state index >= 15 is 0 Å². The van der Waals surface area contributed by atoms with Crippen molar-refractivity contribution in [3.8, 4) is 0 Å². The van der Waals surface area contributed by atoms with Crippen LogP contribution in [-0.2, 0) is 11.2 Å². The Morgan fingerprint density at radius 1 is 1.25 bits per heavy atom. The van der Waals surface area contributed by atoms with Gasteiger partial charge in [0, 0.05) is 25.9 Å². The number of amides is 1. The number of benzene rings is 1. The van der Waals surface area contributed by atoms with Crippen LogP contribution in [0.5, 0.6) is 0 Å². The summed E-state index contributed by atoms with van der Waals surface area (Å²) in [6.07, 6.45) is 4.75. The first-order chi connectivity index (χ1) is 11.7. The Kier molecular flexibility index (Phi) is 5.59. The molecular formula is C20H24N2O2. The summed E-state index contributed by atoms with van der Waals surface area (Å²) in [5.74, 6) is -0.0155. The van der Waals surface area contributed by atoms with Crippen molar-refractivity contribution in [2.45, 2.75) is 32.3 Å². The molecule has 0 aliphatic carbocycles. The maximum atomic E-state index is 12.8. The zero-order valence-corrected chi connectivity index (χ0v) is 14.1. The molecule has 0 saturated carbocycles. The van der Waals surface area contributed by atoms with Crippen LogP contribution in [0.2, 0.25) is 0 Å². The molecule has 0 radical (unpaired) electrons. The fraction of sp³-hybridized carbons (Fsp3) is 0.400. The fourth-order valence-corrected chi connectivity index (χ4v) is 2.98. The van der Waals surface area contributed by atoms with Gasteiger partial charge < -0.3 is 9.64 Å². The summed E-state index contributed by atoms with van der Waals surface area (Å²) in [6.45, 7) is 4.20. The van der Waals surface area contributed by atoms with E-state index in [2.05, 4.69) is 36.2 Å². The highest BCUT2D eigenvalue weighted by molar-refractivity contribution is 5.92. The monoisotopic (exact) mass is 324 g/mol. The molecule has 126 valence electrons. The minimum Gasteiger partial charge on any atom is -0.376 e. The van der Waals surface area contributed by atoms with E-state index in [4.69, 9.17) is 4.74 Å². The number of aryl methyl sites for hydroxylation is 1. The van der Waals surface area contributed by atoms with Crippen LogP contribution in [0.3, 0.4) is 0 Å². The molecule has 1 atom stereocenters. The van der Waals surface area contributed by atoms with Crippen LogP contribution in [0, 0.1) is 6.92 Å². The van der Waals surface area contributed by atoms with Crippen molar-refractivity contribution in [2.24, 2.45) is 0 Å². The number of carbonyl (C=O) groups is 1. The first-order valence-corrected chi connectivity index (χ1v) is 8.60. The van der Waals surface area contributed by atoms with Gasteiger partial charge in [0.2, 0.25) is 0 Å². The van der Waals surface area contributed by atoms with Crippen LogP contribution in [0.25, 0.3) is 0 Å². The van der Waals surface area contributed by atoms with E-state index in [0.717, 1.165) is 25.9 Å². The topological polar surface area (TPSA) is 42.4 Å². The highest BCUT2D eigenvalue weighted by Crippen LogP contribution is 2.15. The largest absolute Gasteiger partial charge is 0.376 e. The summed E-state index contributed by atoms with van der Waals surface area (Å²) in [6, 6.07) is 13.9. The molecule has 1 aliphatic heterocycles. The van der Waals surface area contributed by atoms with E-state index in [0.29, 0.717) is 18.8 Å². The molecule has 24 heavy (non-hydrogen) atoms. The molecule has 2 heterocycles. The predicted octanol–water partition coefficient (Wildman–Crippen LogP) is 3.25. The van der Waals surface area contributed by atoms with E-state index in [1.165, 1.54) is 11.1 Å². The summed E-state index contributed by atoms with van der Waals surface area (Å²) in [4.78, 5) is 18.9. The van der Waals surface area contributed by atoms with E-state index in [1.807, 2.05) is 17.0 Å². The third-order valence-corrected chi connectivity index (χ3v) is 4.41. The standard InChI is InChI=1S/C20H24N2O2/c1-16-7-9-17(10-8-16)11-13-22(15-18-5-4-14-24-18)20(23)19-6-2-3-12-21-19/h2-3,6-10,12,18H,4-5,11,13-15H2,1H3/t18-/m0/s1. The number of nitrogens with zero attached hydrogens (tertiary/aromatic N) is 2. The molecular weight excluding hydrogens is 300 g/mol. The highest BCUT2D eigenvalue weighted by Gasteiger charge is 2.23. The van der Waals surface area contributed by atoms with Crippen molar-refractivity contribution >= 4 is 5.91 Å². The molecule has 1 saturated heterocycles. The molecule has 0 unspecified atom stereocenters. The first kappa shape index (κ1) is 16.7. The maximum absolute atomic E-state index is 12.8.